The average Bonchev–Trinajstić information content (AvgIpc) is 2.08. The number of phosphoric acid groups is 2. The molecule has 0 aliphatic rings. The number of hydrogen-bond acceptors (Lipinski definition) is 6. The summed E-state index contributed by atoms with van der Waals surface area (Å²) in [5, 5.41) is 16.3. The zero-order valence-corrected chi connectivity index (χ0v) is 11.0. The maximum atomic E-state index is 9.99. The highest BCUT2D eigenvalue weighted by Crippen LogP contribution is 2.53. The second-order valence-electron chi connectivity index (χ2n) is 2.94. The lowest BCUT2D eigenvalue weighted by molar-refractivity contribution is -0.139. The largest absolute Gasteiger partial charge is 0.481 e. The summed E-state index contributed by atoms with van der Waals surface area (Å²) in [7, 11) is -10.1. The summed E-state index contributed by atoms with van der Waals surface area (Å²) in [6, 6.07) is -1.06. The minimum Gasteiger partial charge on any atom is -0.481 e. The van der Waals surface area contributed by atoms with E-state index in [1.807, 2.05) is 0 Å². The van der Waals surface area contributed by atoms with Crippen molar-refractivity contribution in [2.45, 2.75) is 18.9 Å². The van der Waals surface area contributed by atoms with Crippen LogP contribution in [0.15, 0.2) is 0 Å². The second kappa shape index (κ2) is 8.35. The summed E-state index contributed by atoms with van der Waals surface area (Å²) in [5.74, 6) is -2.20. The Morgan fingerprint density at radius 3 is 1.58 bits per heavy atom. The van der Waals surface area contributed by atoms with Crippen molar-refractivity contribution in [3.05, 3.63) is 0 Å². The van der Waals surface area contributed by atoms with Gasteiger partial charge in [-0.05, 0) is 6.42 Å². The SMILES string of the molecule is N[C@@H](CCC(=O)O)C(=O)O.O=P(O)(O)OP(=O)(O)O. The quantitative estimate of drug-likeness (QED) is 0.275. The highest BCUT2D eigenvalue weighted by Gasteiger charge is 2.27. The first-order chi connectivity index (χ1) is 8.24. The van der Waals surface area contributed by atoms with Crippen molar-refractivity contribution >= 4 is 27.6 Å². The third-order valence-corrected chi connectivity index (χ3v) is 2.90. The predicted molar refractivity (Wildman–Crippen MR) is 57.7 cm³/mol. The average molecular weight is 325 g/mol. The summed E-state index contributed by atoms with van der Waals surface area (Å²) in [4.78, 5) is 50.9. The van der Waals surface area contributed by atoms with Gasteiger partial charge in [0.1, 0.15) is 6.04 Å². The molecule has 14 heteroatoms. The van der Waals surface area contributed by atoms with Crippen molar-refractivity contribution < 1.29 is 52.8 Å². The van der Waals surface area contributed by atoms with Gasteiger partial charge in [0.25, 0.3) is 0 Å². The van der Waals surface area contributed by atoms with E-state index in [1.165, 1.54) is 0 Å². The van der Waals surface area contributed by atoms with Gasteiger partial charge in [-0.1, -0.05) is 0 Å². The molecule has 0 saturated heterocycles. The van der Waals surface area contributed by atoms with Gasteiger partial charge in [0.05, 0.1) is 0 Å². The van der Waals surface area contributed by atoms with Crippen molar-refractivity contribution in [3.8, 4) is 0 Å². The third-order valence-electron chi connectivity index (χ3n) is 1.20. The molecule has 0 aromatic carbocycles. The normalized spacial score (nSPS) is 13.1. The molecule has 0 saturated carbocycles. The van der Waals surface area contributed by atoms with Crippen LogP contribution in [-0.4, -0.2) is 47.8 Å². The van der Waals surface area contributed by atoms with Gasteiger partial charge in [-0.3, -0.25) is 9.59 Å². The molecule has 0 amide bonds. The molecule has 0 unspecified atom stereocenters. The van der Waals surface area contributed by atoms with Gasteiger partial charge in [-0.15, -0.1) is 0 Å². The van der Waals surface area contributed by atoms with Gasteiger partial charge in [0.15, 0.2) is 0 Å². The van der Waals surface area contributed by atoms with Crippen molar-refractivity contribution in [2.75, 3.05) is 0 Å². The van der Waals surface area contributed by atoms with Crippen LogP contribution in [0.4, 0.5) is 0 Å². The first-order valence-electron chi connectivity index (χ1n) is 4.27. The lowest BCUT2D eigenvalue weighted by Gasteiger charge is -2.03. The van der Waals surface area contributed by atoms with Gasteiger partial charge in [0, 0.05) is 6.42 Å². The Morgan fingerprint density at radius 1 is 1.05 bits per heavy atom. The van der Waals surface area contributed by atoms with Crippen LogP contribution in [0.5, 0.6) is 0 Å². The number of carboxylic acid groups (broad SMARTS) is 2. The van der Waals surface area contributed by atoms with Gasteiger partial charge in [0.2, 0.25) is 0 Å². The van der Waals surface area contributed by atoms with E-state index in [4.69, 9.17) is 35.5 Å². The first-order valence-corrected chi connectivity index (χ1v) is 7.33. The Balaban J connectivity index is 0. The summed E-state index contributed by atoms with van der Waals surface area (Å²) in [5.41, 5.74) is 5.00. The highest BCUT2D eigenvalue weighted by molar-refractivity contribution is 7.60. The summed E-state index contributed by atoms with van der Waals surface area (Å²) >= 11 is 0. The van der Waals surface area contributed by atoms with E-state index in [9.17, 15) is 18.7 Å². The Morgan fingerprint density at radius 2 is 1.42 bits per heavy atom. The van der Waals surface area contributed by atoms with Gasteiger partial charge in [-0.25, -0.2) is 9.13 Å². The van der Waals surface area contributed by atoms with E-state index >= 15 is 0 Å². The molecule has 0 rings (SSSR count). The number of carbonyl (C=O) groups is 2. The number of hydrogen-bond donors (Lipinski definition) is 7. The van der Waals surface area contributed by atoms with Crippen molar-refractivity contribution in [3.63, 3.8) is 0 Å². The van der Waals surface area contributed by atoms with Crippen molar-refractivity contribution in [1.29, 1.82) is 0 Å². The molecule has 12 nitrogen and oxygen atoms in total. The van der Waals surface area contributed by atoms with E-state index in [-0.39, 0.29) is 12.8 Å². The molecular weight excluding hydrogens is 312 g/mol. The molecule has 0 aromatic rings. The fourth-order valence-electron chi connectivity index (χ4n) is 0.541. The Hall–Kier alpha value is -0.840. The maximum Gasteiger partial charge on any atom is 0.478 e. The van der Waals surface area contributed by atoms with Gasteiger partial charge in [-0.2, -0.15) is 4.31 Å². The topological polar surface area (TPSA) is 225 Å². The van der Waals surface area contributed by atoms with Crippen LogP contribution < -0.4 is 5.73 Å². The molecule has 1 atom stereocenters. The minimum atomic E-state index is -5.05. The fraction of sp³-hybridized carbons (Fsp3) is 0.600. The smallest absolute Gasteiger partial charge is 0.478 e. The van der Waals surface area contributed by atoms with E-state index in [2.05, 4.69) is 4.31 Å². The molecule has 0 aromatic heterocycles. The second-order valence-corrected chi connectivity index (χ2v) is 5.56. The van der Waals surface area contributed by atoms with E-state index < -0.39 is 33.6 Å². The summed E-state index contributed by atoms with van der Waals surface area (Å²) < 4.78 is 22.2. The molecule has 0 fully saturated rings. The van der Waals surface area contributed by atoms with Crippen LogP contribution in [0.1, 0.15) is 12.8 Å². The molecule has 8 N–H and O–H groups in total. The number of rotatable bonds is 6. The van der Waals surface area contributed by atoms with E-state index in [0.717, 1.165) is 0 Å². The van der Waals surface area contributed by atoms with Crippen LogP contribution in [0.25, 0.3) is 0 Å². The molecule has 0 heterocycles. The number of aliphatic carboxylic acids is 2. The van der Waals surface area contributed by atoms with Gasteiger partial charge >= 0.3 is 27.6 Å². The lowest BCUT2D eigenvalue weighted by atomic mass is 10.2. The Bertz CT molecular complexity index is 376. The summed E-state index contributed by atoms with van der Waals surface area (Å²) in [6.45, 7) is 0. The number of nitrogens with two attached hydrogens (primary N) is 1. The Kier molecular flexibility index (Phi) is 9.00. The fourth-order valence-corrected chi connectivity index (χ4v) is 1.65. The molecule has 0 aliphatic carbocycles. The lowest BCUT2D eigenvalue weighted by Crippen LogP contribution is -2.30. The van der Waals surface area contributed by atoms with Crippen LogP contribution in [0.2, 0.25) is 0 Å². The third kappa shape index (κ3) is 19.7. The monoisotopic (exact) mass is 325 g/mol. The van der Waals surface area contributed by atoms with Crippen LogP contribution in [0, 0.1) is 0 Å². The predicted octanol–water partition coefficient (Wildman–Crippen LogP) is -1.55. The molecule has 19 heavy (non-hydrogen) atoms. The van der Waals surface area contributed by atoms with E-state index in [1.54, 1.807) is 0 Å². The standard InChI is InChI=1S/C5H9NO4.H4O7P2/c6-3(5(9)10)1-2-4(7)8;1-8(2,3)7-9(4,5)6/h3H,1-2,6H2,(H,7,8)(H,9,10);(H2,1,2,3)(H2,4,5,6)/t3-;/m0./s1. The molecular formula is C5H13NO11P2. The highest BCUT2D eigenvalue weighted by atomic mass is 31.3. The van der Waals surface area contributed by atoms with Crippen LogP contribution >= 0.6 is 15.6 Å². The van der Waals surface area contributed by atoms with E-state index in [0.29, 0.717) is 0 Å². The minimum absolute atomic E-state index is 0.0231. The molecule has 0 bridgehead atoms. The molecule has 0 spiro atoms. The Labute approximate surface area is 106 Å². The maximum absolute atomic E-state index is 9.99. The zero-order valence-electron chi connectivity index (χ0n) is 9.19. The molecule has 0 aliphatic heterocycles. The summed E-state index contributed by atoms with van der Waals surface area (Å²) in [6.07, 6.45) is -0.224. The molecule has 0 radical (unpaired) electrons. The van der Waals surface area contributed by atoms with Crippen molar-refractivity contribution in [1.82, 2.24) is 0 Å². The zero-order chi connectivity index (χ0) is 15.9. The molecule has 114 valence electrons. The first kappa shape index (κ1) is 20.5. The van der Waals surface area contributed by atoms with Gasteiger partial charge < -0.3 is 35.5 Å². The van der Waals surface area contributed by atoms with Crippen LogP contribution in [0.3, 0.4) is 0 Å². The van der Waals surface area contributed by atoms with Crippen LogP contribution in [-0.2, 0) is 23.0 Å². The van der Waals surface area contributed by atoms with Crippen molar-refractivity contribution in [2.24, 2.45) is 5.73 Å². The number of carboxylic acids is 2.